The lowest BCUT2D eigenvalue weighted by atomic mass is 9.84. The topological polar surface area (TPSA) is 67.6 Å². The summed E-state index contributed by atoms with van der Waals surface area (Å²) in [6, 6.07) is 8.20. The summed E-state index contributed by atoms with van der Waals surface area (Å²) in [5.74, 6) is -0.104. The average Bonchev–Trinajstić information content (AvgIpc) is 3.14. The number of hydrogen-bond donors (Lipinski definition) is 1. The molecule has 2 aliphatic heterocycles. The van der Waals surface area contributed by atoms with Crippen molar-refractivity contribution in [2.24, 2.45) is 5.92 Å². The molecule has 1 aromatic carbocycles. The molecule has 1 aromatic heterocycles. The molecule has 3 atom stereocenters. The molecule has 6 nitrogen and oxygen atoms in total. The van der Waals surface area contributed by atoms with E-state index in [1.54, 1.807) is 4.90 Å². The number of imidazole rings is 1. The predicted molar refractivity (Wildman–Crippen MR) is 97.7 cm³/mol. The second-order valence-electron chi connectivity index (χ2n) is 8.16. The second-order valence-corrected chi connectivity index (χ2v) is 8.16. The molecule has 0 saturated carbocycles. The van der Waals surface area contributed by atoms with E-state index >= 15 is 0 Å². The molecule has 0 unspecified atom stereocenters. The first-order chi connectivity index (χ1) is 12.3. The summed E-state index contributed by atoms with van der Waals surface area (Å²) >= 11 is 0. The second kappa shape index (κ2) is 6.13. The van der Waals surface area contributed by atoms with Crippen LogP contribution in [0.3, 0.4) is 0 Å². The van der Waals surface area contributed by atoms with Gasteiger partial charge in [-0.1, -0.05) is 24.3 Å². The van der Waals surface area contributed by atoms with Crippen LogP contribution in [0, 0.1) is 5.92 Å². The van der Waals surface area contributed by atoms with Gasteiger partial charge in [-0.2, -0.15) is 0 Å². The molecule has 0 aliphatic carbocycles. The fraction of sp³-hybridized carbons (Fsp3) is 0.500. The summed E-state index contributed by atoms with van der Waals surface area (Å²) in [5.41, 5.74) is 2.86. The van der Waals surface area contributed by atoms with Gasteiger partial charge in [0.05, 0.1) is 30.4 Å². The lowest BCUT2D eigenvalue weighted by Gasteiger charge is -2.40. The maximum absolute atomic E-state index is 12.5. The SMILES string of the molecule is CC(C)(C)OC(=O)N1CC[C@@H](O)[C@H]([C@H]2c3ccccc3-c3cncn32)C1. The van der Waals surface area contributed by atoms with Crippen molar-refractivity contribution in [3.8, 4) is 11.3 Å². The first-order valence-corrected chi connectivity index (χ1v) is 9.12. The number of ether oxygens (including phenoxy) is 1. The highest BCUT2D eigenvalue weighted by Crippen LogP contribution is 2.45. The van der Waals surface area contributed by atoms with Crippen molar-refractivity contribution in [1.29, 1.82) is 0 Å². The number of rotatable bonds is 1. The number of likely N-dealkylation sites (tertiary alicyclic amines) is 1. The van der Waals surface area contributed by atoms with Gasteiger partial charge in [0.25, 0.3) is 0 Å². The van der Waals surface area contributed by atoms with Crippen LogP contribution < -0.4 is 0 Å². The molecule has 0 radical (unpaired) electrons. The molecule has 0 bridgehead atoms. The Bertz CT molecular complexity index is 824. The van der Waals surface area contributed by atoms with E-state index < -0.39 is 11.7 Å². The predicted octanol–water partition coefficient (Wildman–Crippen LogP) is 3.07. The van der Waals surface area contributed by atoms with Gasteiger partial charge in [0.1, 0.15) is 5.60 Å². The van der Waals surface area contributed by atoms with Crippen LogP contribution in [-0.4, -0.2) is 50.4 Å². The van der Waals surface area contributed by atoms with Crippen LogP contribution in [-0.2, 0) is 4.74 Å². The van der Waals surface area contributed by atoms with E-state index in [2.05, 4.69) is 21.7 Å². The third kappa shape index (κ3) is 2.88. The Labute approximate surface area is 153 Å². The molecular formula is C20H25N3O3. The quantitative estimate of drug-likeness (QED) is 0.854. The molecule has 2 aromatic rings. The van der Waals surface area contributed by atoms with Gasteiger partial charge in [-0.25, -0.2) is 9.78 Å². The fourth-order valence-electron chi connectivity index (χ4n) is 4.08. The van der Waals surface area contributed by atoms with Crippen molar-refractivity contribution in [2.75, 3.05) is 13.1 Å². The average molecular weight is 355 g/mol. The number of amides is 1. The minimum absolute atomic E-state index is 0.0241. The van der Waals surface area contributed by atoms with Gasteiger partial charge in [0, 0.05) is 24.6 Å². The zero-order valence-corrected chi connectivity index (χ0v) is 15.4. The van der Waals surface area contributed by atoms with Crippen LogP contribution in [0.5, 0.6) is 0 Å². The Kier molecular flexibility index (Phi) is 4.03. The van der Waals surface area contributed by atoms with Crippen LogP contribution >= 0.6 is 0 Å². The summed E-state index contributed by atoms with van der Waals surface area (Å²) in [6.45, 7) is 6.58. The smallest absolute Gasteiger partial charge is 0.410 e. The highest BCUT2D eigenvalue weighted by molar-refractivity contribution is 5.70. The lowest BCUT2D eigenvalue weighted by Crippen LogP contribution is -2.49. The Morgan fingerprint density at radius 1 is 1.31 bits per heavy atom. The van der Waals surface area contributed by atoms with Crippen molar-refractivity contribution >= 4 is 6.09 Å². The highest BCUT2D eigenvalue weighted by atomic mass is 16.6. The van der Waals surface area contributed by atoms with Gasteiger partial charge in [-0.15, -0.1) is 0 Å². The first-order valence-electron chi connectivity index (χ1n) is 9.12. The van der Waals surface area contributed by atoms with Gasteiger partial charge >= 0.3 is 6.09 Å². The van der Waals surface area contributed by atoms with E-state index in [1.807, 2.05) is 45.4 Å². The molecule has 6 heteroatoms. The minimum atomic E-state index is -0.528. The van der Waals surface area contributed by atoms with E-state index in [4.69, 9.17) is 4.74 Å². The Balaban J connectivity index is 1.64. The number of aliphatic hydroxyl groups excluding tert-OH is 1. The van der Waals surface area contributed by atoms with E-state index in [-0.39, 0.29) is 18.1 Å². The number of nitrogens with zero attached hydrogens (tertiary/aromatic N) is 3. The molecule has 1 fully saturated rings. The lowest BCUT2D eigenvalue weighted by molar-refractivity contribution is -0.0158. The number of aliphatic hydroxyl groups is 1. The van der Waals surface area contributed by atoms with Gasteiger partial charge in [0.2, 0.25) is 0 Å². The third-order valence-corrected chi connectivity index (χ3v) is 5.20. The zero-order chi connectivity index (χ0) is 18.5. The number of carbonyl (C=O) groups is 1. The molecular weight excluding hydrogens is 330 g/mol. The highest BCUT2D eigenvalue weighted by Gasteiger charge is 2.42. The minimum Gasteiger partial charge on any atom is -0.444 e. The number of piperidine rings is 1. The number of carbonyl (C=O) groups excluding carboxylic acids is 1. The number of benzene rings is 1. The van der Waals surface area contributed by atoms with Crippen LogP contribution in [0.4, 0.5) is 4.79 Å². The Morgan fingerprint density at radius 3 is 2.85 bits per heavy atom. The zero-order valence-electron chi connectivity index (χ0n) is 15.4. The normalized spacial score (nSPS) is 24.9. The number of fused-ring (bicyclic) bond motifs is 3. The van der Waals surface area contributed by atoms with Crippen LogP contribution in [0.2, 0.25) is 0 Å². The number of hydrogen-bond acceptors (Lipinski definition) is 4. The van der Waals surface area contributed by atoms with Crippen molar-refractivity contribution in [1.82, 2.24) is 14.5 Å². The maximum Gasteiger partial charge on any atom is 0.410 e. The summed E-state index contributed by atoms with van der Waals surface area (Å²) < 4.78 is 7.66. The molecule has 26 heavy (non-hydrogen) atoms. The summed E-state index contributed by atoms with van der Waals surface area (Å²) in [5, 5.41) is 10.7. The van der Waals surface area contributed by atoms with Crippen LogP contribution in [0.25, 0.3) is 11.3 Å². The molecule has 138 valence electrons. The van der Waals surface area contributed by atoms with Gasteiger partial charge in [-0.05, 0) is 32.8 Å². The van der Waals surface area contributed by atoms with Crippen molar-refractivity contribution in [3.63, 3.8) is 0 Å². The summed E-state index contributed by atoms with van der Waals surface area (Å²) in [6.07, 6.45) is 3.44. The third-order valence-electron chi connectivity index (χ3n) is 5.20. The molecule has 1 N–H and O–H groups in total. The monoisotopic (exact) mass is 355 g/mol. The molecule has 2 aliphatic rings. The standard InChI is InChI=1S/C20H25N3O3/c1-20(2,3)26-19(25)22-9-8-17(24)15(11-22)18-14-7-5-4-6-13(14)16-10-21-12-23(16)18/h4-7,10,12,15,17-18,24H,8-9,11H2,1-3H3/t15-,17-,18-/m1/s1. The van der Waals surface area contributed by atoms with E-state index in [0.29, 0.717) is 19.5 Å². The number of aromatic nitrogens is 2. The van der Waals surface area contributed by atoms with Gasteiger partial charge < -0.3 is 19.3 Å². The van der Waals surface area contributed by atoms with E-state index in [9.17, 15) is 9.90 Å². The Hall–Kier alpha value is -2.34. The Morgan fingerprint density at radius 2 is 2.08 bits per heavy atom. The summed E-state index contributed by atoms with van der Waals surface area (Å²) in [4.78, 5) is 18.5. The summed E-state index contributed by atoms with van der Waals surface area (Å²) in [7, 11) is 0. The van der Waals surface area contributed by atoms with E-state index in [1.165, 1.54) is 5.56 Å². The van der Waals surface area contributed by atoms with Gasteiger partial charge in [-0.3, -0.25) is 0 Å². The molecule has 1 saturated heterocycles. The molecule has 3 heterocycles. The van der Waals surface area contributed by atoms with Crippen LogP contribution in [0.1, 0.15) is 38.8 Å². The van der Waals surface area contributed by atoms with E-state index in [0.717, 1.165) is 11.3 Å². The molecule has 1 amide bonds. The van der Waals surface area contributed by atoms with Crippen molar-refractivity contribution < 1.29 is 14.6 Å². The molecule has 4 rings (SSSR count). The van der Waals surface area contributed by atoms with Crippen molar-refractivity contribution in [3.05, 3.63) is 42.4 Å². The first kappa shape index (κ1) is 17.1. The molecule has 0 spiro atoms. The van der Waals surface area contributed by atoms with Gasteiger partial charge in [0.15, 0.2) is 0 Å². The largest absolute Gasteiger partial charge is 0.444 e. The van der Waals surface area contributed by atoms with Crippen molar-refractivity contribution in [2.45, 2.75) is 44.9 Å². The maximum atomic E-state index is 12.5. The fourth-order valence-corrected chi connectivity index (χ4v) is 4.08. The van der Waals surface area contributed by atoms with Crippen LogP contribution in [0.15, 0.2) is 36.8 Å².